The maximum absolute atomic E-state index is 12.5. The van der Waals surface area contributed by atoms with E-state index in [2.05, 4.69) is 10.4 Å². The number of hydrogen-bond acceptors (Lipinski definition) is 7. The molecule has 2 aromatic carbocycles. The molecule has 150 valence electrons. The van der Waals surface area contributed by atoms with E-state index in [1.165, 1.54) is 30.5 Å². The Balaban J connectivity index is 1.75. The molecule has 1 atom stereocenters. The number of halogens is 1. The van der Waals surface area contributed by atoms with Crippen LogP contribution in [0.5, 0.6) is 5.75 Å². The van der Waals surface area contributed by atoms with Gasteiger partial charge in [0, 0.05) is 18.7 Å². The molecule has 1 aromatic heterocycles. The topological polar surface area (TPSA) is 120 Å². The van der Waals surface area contributed by atoms with E-state index in [0.29, 0.717) is 17.0 Å². The first-order chi connectivity index (χ1) is 13.9. The summed E-state index contributed by atoms with van der Waals surface area (Å²) in [5.41, 5.74) is 0.583. The second-order valence-electron chi connectivity index (χ2n) is 6.03. The fraction of sp³-hybridized carbons (Fsp3) is 0.158. The van der Waals surface area contributed by atoms with Crippen molar-refractivity contribution in [3.63, 3.8) is 0 Å². The average Bonchev–Trinajstić information content (AvgIpc) is 2.74. The molecule has 0 aliphatic rings. The van der Waals surface area contributed by atoms with Gasteiger partial charge in [-0.2, -0.15) is 9.78 Å². The van der Waals surface area contributed by atoms with Crippen LogP contribution in [0.1, 0.15) is 11.7 Å². The molecule has 2 N–H and O–H groups in total. The Morgan fingerprint density at radius 3 is 2.48 bits per heavy atom. The van der Waals surface area contributed by atoms with E-state index in [4.69, 9.17) is 16.3 Å². The number of ether oxygens (including phenoxy) is 1. The van der Waals surface area contributed by atoms with Crippen molar-refractivity contribution in [2.24, 2.45) is 0 Å². The lowest BCUT2D eigenvalue weighted by Gasteiger charge is -2.15. The van der Waals surface area contributed by atoms with Gasteiger partial charge in [-0.1, -0.05) is 23.7 Å². The van der Waals surface area contributed by atoms with Gasteiger partial charge in [0.1, 0.15) is 10.8 Å². The fourth-order valence-electron chi connectivity index (χ4n) is 2.61. The number of non-ortho nitro benzene ring substituents is 1. The molecule has 1 unspecified atom stereocenters. The van der Waals surface area contributed by atoms with Gasteiger partial charge in [-0.15, -0.1) is 0 Å². The number of hydrogen-bond donors (Lipinski definition) is 2. The number of nitrogens with one attached hydrogen (secondary N) is 1. The quantitative estimate of drug-likeness (QED) is 0.448. The molecular weight excluding hydrogens is 400 g/mol. The SMILES string of the molecule is COc1ccc(C(O)CNc2cnn(-c3ccc([N+](=O)[O-])cc3)c(=O)c2Cl)cc1. The van der Waals surface area contributed by atoms with Crippen LogP contribution in [-0.4, -0.2) is 33.5 Å². The number of benzene rings is 2. The zero-order valence-corrected chi connectivity index (χ0v) is 16.0. The van der Waals surface area contributed by atoms with E-state index in [9.17, 15) is 20.0 Å². The Bertz CT molecular complexity index is 1070. The Kier molecular flexibility index (Phi) is 6.10. The number of methoxy groups -OCH3 is 1. The van der Waals surface area contributed by atoms with Crippen LogP contribution < -0.4 is 15.6 Å². The molecule has 0 amide bonds. The van der Waals surface area contributed by atoms with Crippen LogP contribution in [0.4, 0.5) is 11.4 Å². The van der Waals surface area contributed by atoms with Gasteiger partial charge in [-0.3, -0.25) is 14.9 Å². The van der Waals surface area contributed by atoms with Crippen molar-refractivity contribution in [2.75, 3.05) is 19.0 Å². The molecule has 0 aliphatic heterocycles. The maximum Gasteiger partial charge on any atom is 0.292 e. The highest BCUT2D eigenvalue weighted by molar-refractivity contribution is 6.32. The highest BCUT2D eigenvalue weighted by atomic mass is 35.5. The van der Waals surface area contributed by atoms with E-state index in [1.54, 1.807) is 31.4 Å². The zero-order chi connectivity index (χ0) is 21.0. The molecule has 0 radical (unpaired) electrons. The van der Waals surface area contributed by atoms with E-state index >= 15 is 0 Å². The van der Waals surface area contributed by atoms with Gasteiger partial charge in [0.15, 0.2) is 0 Å². The highest BCUT2D eigenvalue weighted by Gasteiger charge is 2.14. The van der Waals surface area contributed by atoms with E-state index in [-0.39, 0.29) is 22.9 Å². The Hall–Kier alpha value is -3.43. The number of nitro groups is 1. The predicted octanol–water partition coefficient (Wildman–Crippen LogP) is 2.95. The monoisotopic (exact) mass is 416 g/mol. The highest BCUT2D eigenvalue weighted by Crippen LogP contribution is 2.21. The van der Waals surface area contributed by atoms with Crippen molar-refractivity contribution < 1.29 is 14.8 Å². The van der Waals surface area contributed by atoms with Crippen LogP contribution in [0.15, 0.2) is 59.5 Å². The second-order valence-corrected chi connectivity index (χ2v) is 6.41. The number of aromatic nitrogens is 2. The Morgan fingerprint density at radius 1 is 1.24 bits per heavy atom. The normalized spacial score (nSPS) is 11.7. The third-order valence-corrected chi connectivity index (χ3v) is 4.58. The van der Waals surface area contributed by atoms with E-state index < -0.39 is 16.6 Å². The number of nitro benzene ring substituents is 1. The first-order valence-corrected chi connectivity index (χ1v) is 8.87. The van der Waals surface area contributed by atoms with Crippen molar-refractivity contribution in [1.82, 2.24) is 9.78 Å². The molecule has 0 aliphatic carbocycles. The number of aliphatic hydroxyl groups excluding tert-OH is 1. The summed E-state index contributed by atoms with van der Waals surface area (Å²) in [6.45, 7) is 0.106. The average molecular weight is 417 g/mol. The first kappa shape index (κ1) is 20.3. The van der Waals surface area contributed by atoms with E-state index in [1.807, 2.05) is 0 Å². The van der Waals surface area contributed by atoms with Crippen LogP contribution >= 0.6 is 11.6 Å². The van der Waals surface area contributed by atoms with Gasteiger partial charge in [0.2, 0.25) is 0 Å². The summed E-state index contributed by atoms with van der Waals surface area (Å²) in [7, 11) is 1.56. The van der Waals surface area contributed by atoms with Crippen molar-refractivity contribution in [2.45, 2.75) is 6.10 Å². The molecular formula is C19H17ClN4O5. The summed E-state index contributed by atoms with van der Waals surface area (Å²) in [5.74, 6) is 0.677. The number of nitrogens with zero attached hydrogens (tertiary/aromatic N) is 3. The number of anilines is 1. The molecule has 10 heteroatoms. The molecule has 0 bridgehead atoms. The Morgan fingerprint density at radius 2 is 1.90 bits per heavy atom. The number of rotatable bonds is 7. The van der Waals surface area contributed by atoms with Gasteiger partial charge < -0.3 is 15.2 Å². The number of aliphatic hydroxyl groups is 1. The molecule has 0 fully saturated rings. The Labute approximate surface area is 170 Å². The van der Waals surface area contributed by atoms with Crippen LogP contribution in [0, 0.1) is 10.1 Å². The zero-order valence-electron chi connectivity index (χ0n) is 15.3. The van der Waals surface area contributed by atoms with E-state index in [0.717, 1.165) is 4.68 Å². The van der Waals surface area contributed by atoms with Crippen LogP contribution in [0.25, 0.3) is 5.69 Å². The minimum atomic E-state index is -0.839. The summed E-state index contributed by atoms with van der Waals surface area (Å²) in [6.07, 6.45) is 0.514. The molecule has 0 spiro atoms. The van der Waals surface area contributed by atoms with Crippen LogP contribution in [-0.2, 0) is 0 Å². The lowest BCUT2D eigenvalue weighted by atomic mass is 10.1. The van der Waals surface area contributed by atoms with Gasteiger partial charge in [-0.05, 0) is 29.8 Å². The largest absolute Gasteiger partial charge is 0.497 e. The fourth-order valence-corrected chi connectivity index (χ4v) is 2.80. The molecule has 3 aromatic rings. The van der Waals surface area contributed by atoms with Crippen LogP contribution in [0.3, 0.4) is 0 Å². The van der Waals surface area contributed by atoms with Crippen molar-refractivity contribution in [3.05, 3.63) is 85.8 Å². The summed E-state index contributed by atoms with van der Waals surface area (Å²) in [6, 6.07) is 12.3. The lowest BCUT2D eigenvalue weighted by Crippen LogP contribution is -2.23. The molecule has 3 rings (SSSR count). The van der Waals surface area contributed by atoms with Gasteiger partial charge in [0.05, 0.1) is 35.7 Å². The molecule has 29 heavy (non-hydrogen) atoms. The first-order valence-electron chi connectivity index (χ1n) is 8.49. The van der Waals surface area contributed by atoms with Gasteiger partial charge in [-0.25, -0.2) is 0 Å². The van der Waals surface area contributed by atoms with Gasteiger partial charge in [0.25, 0.3) is 11.2 Å². The van der Waals surface area contributed by atoms with Crippen LogP contribution in [0.2, 0.25) is 5.02 Å². The summed E-state index contributed by atoms with van der Waals surface area (Å²) >= 11 is 6.16. The third-order valence-electron chi connectivity index (χ3n) is 4.21. The minimum Gasteiger partial charge on any atom is -0.497 e. The second kappa shape index (κ2) is 8.72. The lowest BCUT2D eigenvalue weighted by molar-refractivity contribution is -0.384. The standard InChI is InChI=1S/C19H17ClN4O5/c1-29-15-8-2-12(3-9-15)17(25)11-21-16-10-22-23(19(26)18(16)20)13-4-6-14(7-5-13)24(27)28/h2-10,17,21,25H,11H2,1H3. The molecule has 9 nitrogen and oxygen atoms in total. The summed E-state index contributed by atoms with van der Waals surface area (Å²) in [5, 5.41) is 27.9. The summed E-state index contributed by atoms with van der Waals surface area (Å²) in [4.78, 5) is 22.7. The minimum absolute atomic E-state index is 0.0984. The molecule has 0 saturated carbocycles. The summed E-state index contributed by atoms with van der Waals surface area (Å²) < 4.78 is 6.12. The van der Waals surface area contributed by atoms with Crippen molar-refractivity contribution in [3.8, 4) is 11.4 Å². The van der Waals surface area contributed by atoms with Crippen molar-refractivity contribution >= 4 is 23.0 Å². The third kappa shape index (κ3) is 4.53. The van der Waals surface area contributed by atoms with Crippen molar-refractivity contribution in [1.29, 1.82) is 0 Å². The smallest absolute Gasteiger partial charge is 0.292 e. The molecule has 0 saturated heterocycles. The van der Waals surface area contributed by atoms with Gasteiger partial charge >= 0.3 is 0 Å². The molecule has 1 heterocycles. The predicted molar refractivity (Wildman–Crippen MR) is 108 cm³/mol. The maximum atomic E-state index is 12.5.